The van der Waals surface area contributed by atoms with Gasteiger partial charge in [-0.1, -0.05) is 12.1 Å². The average molecular weight is 319 g/mol. The summed E-state index contributed by atoms with van der Waals surface area (Å²) in [5.74, 6) is -0.525. The number of anilines is 1. The topological polar surface area (TPSA) is 102 Å². The fraction of sp³-hybridized carbons (Fsp3) is 0.312. The number of hydrogen-bond donors (Lipinski definition) is 2. The Hall–Kier alpha value is -2.83. The van der Waals surface area contributed by atoms with Crippen LogP contribution in [0.3, 0.4) is 0 Å². The molecule has 0 saturated carbocycles. The van der Waals surface area contributed by atoms with Crippen LogP contribution in [0.5, 0.6) is 11.5 Å². The van der Waals surface area contributed by atoms with Gasteiger partial charge in [-0.15, -0.1) is 0 Å². The highest BCUT2D eigenvalue weighted by Gasteiger charge is 2.28. The molecule has 0 unspecified atom stereocenters. The second-order valence-corrected chi connectivity index (χ2v) is 4.89. The Morgan fingerprint density at radius 1 is 1.22 bits per heavy atom. The van der Waals surface area contributed by atoms with Crippen LogP contribution < -0.4 is 20.9 Å². The minimum absolute atomic E-state index is 0.00831. The minimum Gasteiger partial charge on any atom is -0.508 e. The summed E-state index contributed by atoms with van der Waals surface area (Å²) in [4.78, 5) is 35.0. The van der Waals surface area contributed by atoms with Gasteiger partial charge in [0.05, 0.1) is 13.7 Å². The molecule has 122 valence electrons. The fourth-order valence-corrected chi connectivity index (χ4v) is 2.16. The van der Waals surface area contributed by atoms with Gasteiger partial charge >= 0.3 is 5.97 Å². The van der Waals surface area contributed by atoms with Gasteiger partial charge in [-0.05, 0) is 24.6 Å². The van der Waals surface area contributed by atoms with E-state index >= 15 is 0 Å². The molecule has 2 N–H and O–H groups in total. The second-order valence-electron chi connectivity index (χ2n) is 4.89. The van der Waals surface area contributed by atoms with E-state index in [1.807, 2.05) is 0 Å². The number of aromatic hydroxyl groups is 1. The first-order valence-corrected chi connectivity index (χ1v) is 7.06. The molecule has 0 spiro atoms. The highest BCUT2D eigenvalue weighted by Crippen LogP contribution is 2.20. The fourth-order valence-electron chi connectivity index (χ4n) is 2.16. The number of phenolic OH excluding ortho intramolecular Hbond substituents is 1. The predicted octanol–water partition coefficient (Wildman–Crippen LogP) is 0.583. The molecule has 0 bridgehead atoms. The molecule has 0 aromatic heterocycles. The van der Waals surface area contributed by atoms with Crippen molar-refractivity contribution in [3.63, 3.8) is 0 Å². The summed E-state index contributed by atoms with van der Waals surface area (Å²) < 4.78 is 9.84. The van der Waals surface area contributed by atoms with Gasteiger partial charge in [0.1, 0.15) is 17.5 Å². The van der Waals surface area contributed by atoms with Crippen LogP contribution in [0.1, 0.15) is 12.5 Å². The maximum absolute atomic E-state index is 11.9. The molecule has 7 nitrogen and oxygen atoms in total. The third kappa shape index (κ3) is 3.50. The number of nitrogens with one attached hydrogen (secondary N) is 1. The van der Waals surface area contributed by atoms with E-state index in [9.17, 15) is 19.5 Å². The van der Waals surface area contributed by atoms with Crippen molar-refractivity contribution < 1.29 is 19.4 Å². The molecule has 0 aliphatic rings. The maximum Gasteiger partial charge on any atom is 0.328 e. The summed E-state index contributed by atoms with van der Waals surface area (Å²) in [6, 6.07) is 5.43. The molecule has 0 aliphatic carbocycles. The van der Waals surface area contributed by atoms with Gasteiger partial charge in [0, 0.05) is 6.42 Å². The van der Waals surface area contributed by atoms with Crippen molar-refractivity contribution in [3.8, 4) is 11.5 Å². The van der Waals surface area contributed by atoms with Crippen LogP contribution in [0, 0.1) is 0 Å². The van der Waals surface area contributed by atoms with Crippen molar-refractivity contribution in [3.05, 3.63) is 50.3 Å². The first kappa shape index (κ1) is 16.5. The molecule has 0 aliphatic heterocycles. The smallest absolute Gasteiger partial charge is 0.328 e. The minimum atomic E-state index is -0.855. The number of carbonyl (C=O) groups excluding carboxylic acids is 1. The summed E-state index contributed by atoms with van der Waals surface area (Å²) in [6.07, 6.45) is 0.220. The summed E-state index contributed by atoms with van der Waals surface area (Å²) in [7, 11) is 1.24. The molecular weight excluding hydrogens is 302 g/mol. The van der Waals surface area contributed by atoms with Gasteiger partial charge in [0.25, 0.3) is 10.9 Å². The molecular formula is C16H17NO6. The van der Waals surface area contributed by atoms with E-state index in [2.05, 4.69) is 5.32 Å². The lowest BCUT2D eigenvalue weighted by Crippen LogP contribution is -2.41. The first-order chi connectivity index (χ1) is 11.0. The Balaban J connectivity index is 2.21. The quantitative estimate of drug-likeness (QED) is 0.568. The van der Waals surface area contributed by atoms with E-state index in [0.29, 0.717) is 0 Å². The van der Waals surface area contributed by atoms with Crippen molar-refractivity contribution in [2.75, 3.05) is 19.0 Å². The SMILES string of the molecule is CCOc1c(N[C@@H](Cc2ccc(O)cc2)C(=O)OC)c(=O)c1=O. The zero-order valence-corrected chi connectivity index (χ0v) is 12.8. The van der Waals surface area contributed by atoms with Crippen LogP contribution >= 0.6 is 0 Å². The first-order valence-electron chi connectivity index (χ1n) is 7.06. The highest BCUT2D eigenvalue weighted by atomic mass is 16.5. The van der Waals surface area contributed by atoms with Crippen molar-refractivity contribution in [2.45, 2.75) is 19.4 Å². The number of carbonyl (C=O) groups is 1. The van der Waals surface area contributed by atoms with Crippen LogP contribution in [0.4, 0.5) is 5.69 Å². The molecule has 0 heterocycles. The molecule has 2 rings (SSSR count). The summed E-state index contributed by atoms with van der Waals surface area (Å²) in [5.41, 5.74) is -0.677. The van der Waals surface area contributed by atoms with Gasteiger partial charge in [-0.3, -0.25) is 9.59 Å². The van der Waals surface area contributed by atoms with Crippen LogP contribution in [-0.2, 0) is 16.0 Å². The Bertz CT molecular complexity index is 758. The maximum atomic E-state index is 11.9. The number of benzene rings is 1. The van der Waals surface area contributed by atoms with Crippen molar-refractivity contribution in [2.24, 2.45) is 0 Å². The largest absolute Gasteiger partial charge is 0.508 e. The second kappa shape index (κ2) is 6.95. The third-order valence-corrected chi connectivity index (χ3v) is 3.34. The Morgan fingerprint density at radius 3 is 2.43 bits per heavy atom. The Labute approximate surface area is 132 Å². The number of hydrogen-bond acceptors (Lipinski definition) is 7. The number of ether oxygens (including phenoxy) is 2. The zero-order valence-electron chi connectivity index (χ0n) is 12.8. The van der Waals surface area contributed by atoms with Crippen molar-refractivity contribution in [1.29, 1.82) is 0 Å². The van der Waals surface area contributed by atoms with Gasteiger partial charge < -0.3 is 19.9 Å². The van der Waals surface area contributed by atoms with Gasteiger partial charge in [0.15, 0.2) is 5.75 Å². The number of phenols is 1. The van der Waals surface area contributed by atoms with Crippen LogP contribution in [0.15, 0.2) is 33.9 Å². The summed E-state index contributed by atoms with van der Waals surface area (Å²) in [6.45, 7) is 1.93. The van der Waals surface area contributed by atoms with Crippen LogP contribution in [-0.4, -0.2) is 30.8 Å². The number of esters is 1. The lowest BCUT2D eigenvalue weighted by Gasteiger charge is -2.20. The highest BCUT2D eigenvalue weighted by molar-refractivity contribution is 5.81. The molecule has 23 heavy (non-hydrogen) atoms. The normalized spacial score (nSPS) is 11.9. The molecule has 0 fully saturated rings. The molecule has 1 atom stereocenters. The molecule has 7 heteroatoms. The van der Waals surface area contributed by atoms with E-state index in [4.69, 9.17) is 9.47 Å². The van der Waals surface area contributed by atoms with E-state index in [-0.39, 0.29) is 30.2 Å². The van der Waals surface area contributed by atoms with Gasteiger partial charge in [0.2, 0.25) is 0 Å². The molecule has 0 saturated heterocycles. The third-order valence-electron chi connectivity index (χ3n) is 3.34. The standard InChI is InChI=1S/C16H17NO6/c1-3-23-15-12(13(19)14(15)20)17-11(16(21)22-2)8-9-4-6-10(18)7-5-9/h4-7,11,17-18H,3,8H2,1-2H3/t11-/m0/s1. The van der Waals surface area contributed by atoms with E-state index < -0.39 is 22.9 Å². The molecule has 2 aromatic rings. The average Bonchev–Trinajstić information content (AvgIpc) is 2.57. The van der Waals surface area contributed by atoms with E-state index in [1.165, 1.54) is 19.2 Å². The van der Waals surface area contributed by atoms with Crippen molar-refractivity contribution >= 4 is 11.7 Å². The predicted molar refractivity (Wildman–Crippen MR) is 83.8 cm³/mol. The Kier molecular flexibility index (Phi) is 5.00. The van der Waals surface area contributed by atoms with E-state index in [1.54, 1.807) is 19.1 Å². The lowest BCUT2D eigenvalue weighted by atomic mass is 10.0. The summed E-state index contributed by atoms with van der Waals surface area (Å²) in [5, 5.41) is 12.0. The lowest BCUT2D eigenvalue weighted by molar-refractivity contribution is -0.141. The zero-order chi connectivity index (χ0) is 17.0. The molecule has 0 amide bonds. The molecule has 0 radical (unpaired) electrons. The van der Waals surface area contributed by atoms with Crippen molar-refractivity contribution in [1.82, 2.24) is 0 Å². The molecule has 2 aromatic carbocycles. The van der Waals surface area contributed by atoms with Crippen LogP contribution in [0.2, 0.25) is 0 Å². The monoisotopic (exact) mass is 319 g/mol. The van der Waals surface area contributed by atoms with E-state index in [0.717, 1.165) is 5.56 Å². The summed E-state index contributed by atoms with van der Waals surface area (Å²) >= 11 is 0. The number of rotatable bonds is 7. The van der Waals surface area contributed by atoms with Gasteiger partial charge in [-0.25, -0.2) is 4.79 Å². The van der Waals surface area contributed by atoms with Gasteiger partial charge in [-0.2, -0.15) is 0 Å². The van der Waals surface area contributed by atoms with Crippen LogP contribution in [0.25, 0.3) is 0 Å². The number of methoxy groups -OCH3 is 1. The Morgan fingerprint density at radius 2 is 1.87 bits per heavy atom.